The van der Waals surface area contributed by atoms with Gasteiger partial charge in [-0.1, -0.05) is 0 Å². The van der Waals surface area contributed by atoms with E-state index in [-0.39, 0.29) is 39.7 Å². The van der Waals surface area contributed by atoms with Crippen LogP contribution in [0, 0.1) is 20.5 Å². The summed E-state index contributed by atoms with van der Waals surface area (Å²) in [5, 5.41) is 0. The number of hydrogen-bond acceptors (Lipinski definition) is 12. The third-order valence-corrected chi connectivity index (χ3v) is 3.50. The van der Waals surface area contributed by atoms with Crippen LogP contribution in [0.15, 0.2) is 20.0 Å². The van der Waals surface area contributed by atoms with Crippen LogP contribution >= 0.6 is 0 Å². The van der Waals surface area contributed by atoms with Gasteiger partial charge in [-0.15, -0.1) is 20.5 Å². The van der Waals surface area contributed by atoms with Crippen molar-refractivity contribution in [2.24, 2.45) is 20.0 Å². The molecule has 0 bridgehead atoms. The molecule has 15 heteroatoms. The van der Waals surface area contributed by atoms with Gasteiger partial charge < -0.3 is 0 Å². The predicted octanol–water partition coefficient (Wildman–Crippen LogP) is -5.34. The second-order valence-electron chi connectivity index (χ2n) is 8.50. The van der Waals surface area contributed by atoms with E-state index in [0.717, 1.165) is 24.3 Å². The summed E-state index contributed by atoms with van der Waals surface area (Å²) in [5.74, 6) is 0. The van der Waals surface area contributed by atoms with Gasteiger partial charge in [0.05, 0.1) is 23.2 Å². The van der Waals surface area contributed by atoms with Crippen molar-refractivity contribution in [1.29, 1.82) is 0 Å². The molecule has 0 aromatic heterocycles. The molecular formula is C18H32Cl2N4NiO8. The van der Waals surface area contributed by atoms with Crippen LogP contribution in [-0.4, -0.2) is 47.0 Å². The number of rotatable bonds is 0. The van der Waals surface area contributed by atoms with Crippen LogP contribution in [0.4, 0.5) is 0 Å². The second-order valence-corrected chi connectivity index (χ2v) is 10.0. The molecule has 33 heavy (non-hydrogen) atoms. The largest absolute Gasteiger partial charge is 2.00 e. The summed E-state index contributed by atoms with van der Waals surface area (Å²) in [6.45, 7) is 16.9. The molecule has 0 radical (unpaired) electrons. The fraction of sp³-hybridized carbons (Fsp3) is 0.778. The van der Waals surface area contributed by atoms with Gasteiger partial charge in [-0.05, 0) is 55.4 Å². The molecule has 0 saturated heterocycles. The number of aliphatic imine (C=N–C) groups is 4. The molecule has 12 nitrogen and oxygen atoms in total. The van der Waals surface area contributed by atoms with Gasteiger partial charge in [0.15, 0.2) is 0 Å². The van der Waals surface area contributed by atoms with Crippen LogP contribution < -0.4 is 37.3 Å². The molecule has 0 amide bonds. The van der Waals surface area contributed by atoms with Crippen molar-refractivity contribution in [1.82, 2.24) is 0 Å². The zero-order valence-corrected chi connectivity index (χ0v) is 22.4. The van der Waals surface area contributed by atoms with Gasteiger partial charge in [0.25, 0.3) is 0 Å². The Labute approximate surface area is 209 Å². The molecule has 1 aliphatic rings. The molecule has 0 unspecified atom stereocenters. The van der Waals surface area contributed by atoms with Crippen molar-refractivity contribution in [3.8, 4) is 0 Å². The van der Waals surface area contributed by atoms with Crippen LogP contribution in [-0.2, 0) is 16.5 Å². The molecule has 0 aliphatic carbocycles. The Hall–Kier alpha value is -0.566. The zero-order valence-electron chi connectivity index (χ0n) is 19.9. The van der Waals surface area contributed by atoms with Gasteiger partial charge in [-0.25, -0.2) is 37.3 Å². The number of nitrogens with zero attached hydrogens (tertiary/aromatic N) is 4. The Morgan fingerprint density at radius 1 is 0.667 bits per heavy atom. The average Bonchev–Trinajstić information content (AvgIpc) is 2.46. The Bertz CT molecular complexity index is 620. The first kappa shape index (κ1) is 37.0. The molecule has 0 N–H and O–H groups in total. The monoisotopic (exact) mass is 560 g/mol. The smallest absolute Gasteiger partial charge is 0.289 e. The Morgan fingerprint density at radius 2 is 0.879 bits per heavy atom. The van der Waals surface area contributed by atoms with Crippen LogP contribution in [0.2, 0.25) is 0 Å². The number of hydrogen-bond donors (Lipinski definition) is 0. The van der Waals surface area contributed by atoms with Gasteiger partial charge in [0, 0.05) is 36.7 Å². The minimum absolute atomic E-state index is 0. The van der Waals surface area contributed by atoms with E-state index in [4.69, 9.17) is 57.2 Å². The average molecular weight is 562 g/mol. The topological polar surface area (TPSA) is 234 Å². The van der Waals surface area contributed by atoms with E-state index in [0.29, 0.717) is 0 Å². The molecule has 1 heterocycles. The quantitative estimate of drug-likeness (QED) is 0.258. The third kappa shape index (κ3) is 31.4. The van der Waals surface area contributed by atoms with Crippen molar-refractivity contribution in [2.45, 2.75) is 91.4 Å². The van der Waals surface area contributed by atoms with Gasteiger partial charge in [0.1, 0.15) is 0 Å². The maximum atomic E-state index is 8.49. The van der Waals surface area contributed by atoms with E-state index >= 15 is 0 Å². The first-order valence-electron chi connectivity index (χ1n) is 9.40. The van der Waals surface area contributed by atoms with Crippen molar-refractivity contribution in [2.75, 3.05) is 0 Å². The van der Waals surface area contributed by atoms with Gasteiger partial charge >= 0.3 is 16.5 Å². The van der Waals surface area contributed by atoms with Gasteiger partial charge in [-0.2, -0.15) is 0 Å². The van der Waals surface area contributed by atoms with Crippen LogP contribution in [0.5, 0.6) is 0 Å². The van der Waals surface area contributed by atoms with E-state index in [1.807, 2.05) is 12.4 Å². The Morgan fingerprint density at radius 3 is 1.09 bits per heavy atom. The zero-order chi connectivity index (χ0) is 26.0. The first-order valence-corrected chi connectivity index (χ1v) is 11.9. The number of halogens is 2. The van der Waals surface area contributed by atoms with Crippen molar-refractivity contribution < 1.29 is 74.2 Å². The van der Waals surface area contributed by atoms with Crippen LogP contribution in [0.3, 0.4) is 0 Å². The second kappa shape index (κ2) is 15.4. The van der Waals surface area contributed by atoms with E-state index in [9.17, 15) is 0 Å². The summed E-state index contributed by atoms with van der Waals surface area (Å²) in [5.41, 5.74) is 1.93. The standard InChI is InChI=1S/C18H32N4.2ClHO4.Ni/c1-13-9-17(5,6)19-12-16(4)22-14(2)10-18(7,8)20-11-15(3)21-13;2*2-1(3,4)5;/h11-12,15-16H,9-10H2,1-8H3;2*(H,2,3,4,5);/q;;;+2/p-2/t15-,16+;;;. The summed E-state index contributed by atoms with van der Waals surface area (Å²) >= 11 is 0. The van der Waals surface area contributed by atoms with E-state index in [1.54, 1.807) is 0 Å². The molecule has 0 aromatic carbocycles. The van der Waals surface area contributed by atoms with Gasteiger partial charge in [0.2, 0.25) is 0 Å². The van der Waals surface area contributed by atoms with Crippen molar-refractivity contribution in [3.63, 3.8) is 0 Å². The van der Waals surface area contributed by atoms with Crippen LogP contribution in [0.25, 0.3) is 0 Å². The SMILES string of the molecule is CC1=N[C@H](C)C=NC(C)(C)CC(C)=N[C@@H](C)C=NC(C)(C)C1.[Ni+2].[O-][Cl+3]([O-])([O-])[O-].[O-][Cl+3]([O-])([O-])[O-]. The molecular weight excluding hydrogens is 530 g/mol. The van der Waals surface area contributed by atoms with E-state index in [2.05, 4.69) is 55.4 Å². The summed E-state index contributed by atoms with van der Waals surface area (Å²) in [6, 6.07) is 0.191. The normalized spacial score (nSPS) is 23.3. The van der Waals surface area contributed by atoms with E-state index in [1.165, 1.54) is 0 Å². The summed E-state index contributed by atoms with van der Waals surface area (Å²) in [4.78, 5) is 18.9. The van der Waals surface area contributed by atoms with E-state index < -0.39 is 20.5 Å². The first-order chi connectivity index (χ1) is 14.0. The molecule has 0 aromatic rings. The summed E-state index contributed by atoms with van der Waals surface area (Å²) in [6.07, 6.45) is 5.62. The predicted molar refractivity (Wildman–Crippen MR) is 99.5 cm³/mol. The maximum absolute atomic E-state index is 8.49. The Kier molecular flexibility index (Phi) is 17.3. The summed E-state index contributed by atoms with van der Waals surface area (Å²) in [7, 11) is -9.89. The Balaban J connectivity index is -0.000000686. The third-order valence-electron chi connectivity index (χ3n) is 3.50. The van der Waals surface area contributed by atoms with Crippen molar-refractivity contribution >= 4 is 23.9 Å². The summed E-state index contributed by atoms with van der Waals surface area (Å²) < 4.78 is 67.9. The molecule has 0 spiro atoms. The molecule has 1 aliphatic heterocycles. The van der Waals surface area contributed by atoms with Gasteiger partial charge in [-0.3, -0.25) is 20.0 Å². The minimum Gasteiger partial charge on any atom is -0.289 e. The maximum Gasteiger partial charge on any atom is 2.00 e. The molecule has 0 saturated carbocycles. The minimum atomic E-state index is -4.94. The fourth-order valence-corrected chi connectivity index (χ4v) is 2.82. The molecule has 1 rings (SSSR count). The fourth-order valence-electron chi connectivity index (χ4n) is 2.82. The molecule has 196 valence electrons. The van der Waals surface area contributed by atoms with Crippen LogP contribution in [0.1, 0.15) is 68.2 Å². The van der Waals surface area contributed by atoms with Crippen molar-refractivity contribution in [3.05, 3.63) is 0 Å². The molecule has 2 atom stereocenters. The molecule has 0 fully saturated rings.